The highest BCUT2D eigenvalue weighted by molar-refractivity contribution is 7.12. The lowest BCUT2D eigenvalue weighted by Crippen LogP contribution is -1.91. The summed E-state index contributed by atoms with van der Waals surface area (Å²) >= 11 is 3.40. The van der Waals surface area contributed by atoms with E-state index in [-0.39, 0.29) is 0 Å². The Balaban J connectivity index is 1.77. The second-order valence-electron chi connectivity index (χ2n) is 5.95. The minimum atomic E-state index is 0.549. The highest BCUT2D eigenvalue weighted by atomic mass is 32.1. The van der Waals surface area contributed by atoms with Crippen molar-refractivity contribution in [2.45, 2.75) is 39.5 Å². The number of hydrogen-bond donors (Lipinski definition) is 0. The predicted octanol–water partition coefficient (Wildman–Crippen LogP) is 5.33. The molecule has 0 aromatic carbocycles. The van der Waals surface area contributed by atoms with E-state index in [1.165, 1.54) is 9.75 Å². The van der Waals surface area contributed by atoms with E-state index in [0.717, 1.165) is 47.0 Å². The molecule has 0 spiro atoms. The smallest absolute Gasteiger partial charge is 0.104 e. The van der Waals surface area contributed by atoms with Crippen LogP contribution >= 0.6 is 22.7 Å². The minimum absolute atomic E-state index is 0.549. The number of nitriles is 2. The predicted molar refractivity (Wildman–Crippen MR) is 101 cm³/mol. The summed E-state index contributed by atoms with van der Waals surface area (Å²) in [6, 6.07) is 12.7. The molecule has 0 aliphatic carbocycles. The van der Waals surface area contributed by atoms with Crippen molar-refractivity contribution in [3.63, 3.8) is 0 Å². The van der Waals surface area contributed by atoms with Crippen LogP contribution in [0.3, 0.4) is 0 Å². The van der Waals surface area contributed by atoms with Gasteiger partial charge in [0.25, 0.3) is 0 Å². The topological polar surface area (TPSA) is 60.7 Å². The molecule has 0 unspecified atom stereocenters. The second-order valence-corrected chi connectivity index (χ2v) is 8.51. The highest BCUT2D eigenvalue weighted by Gasteiger charge is 2.18. The molecule has 0 aliphatic rings. The first-order chi connectivity index (χ1) is 12.1. The molecule has 0 atom stereocenters. The molecule has 0 fully saturated rings. The summed E-state index contributed by atoms with van der Waals surface area (Å²) in [4.78, 5) is 4.64. The van der Waals surface area contributed by atoms with Gasteiger partial charge < -0.3 is 4.42 Å². The van der Waals surface area contributed by atoms with Crippen molar-refractivity contribution in [3.8, 4) is 12.1 Å². The number of furan rings is 1. The summed E-state index contributed by atoms with van der Waals surface area (Å²) in [5.41, 5.74) is 1.11. The van der Waals surface area contributed by atoms with Crippen molar-refractivity contribution in [2.75, 3.05) is 0 Å². The van der Waals surface area contributed by atoms with Crippen molar-refractivity contribution in [3.05, 3.63) is 66.4 Å². The van der Waals surface area contributed by atoms with Crippen molar-refractivity contribution in [2.24, 2.45) is 0 Å². The maximum Gasteiger partial charge on any atom is 0.104 e. The third kappa shape index (κ3) is 4.02. The fourth-order valence-corrected chi connectivity index (χ4v) is 4.93. The molecular formula is C20H18N2OS2. The summed E-state index contributed by atoms with van der Waals surface area (Å²) in [6.45, 7) is 4.02. The van der Waals surface area contributed by atoms with Gasteiger partial charge in [-0.05, 0) is 57.4 Å². The van der Waals surface area contributed by atoms with Gasteiger partial charge in [0, 0.05) is 25.9 Å². The molecule has 25 heavy (non-hydrogen) atoms. The minimum Gasteiger partial charge on any atom is -0.466 e. The van der Waals surface area contributed by atoms with Crippen LogP contribution in [0.4, 0.5) is 0 Å². The summed E-state index contributed by atoms with van der Waals surface area (Å²) in [5.74, 6) is 1.82. The van der Waals surface area contributed by atoms with E-state index in [1.807, 2.05) is 19.1 Å². The van der Waals surface area contributed by atoms with Crippen LogP contribution in [0.1, 0.15) is 42.2 Å². The maximum atomic E-state index is 9.52. The van der Waals surface area contributed by atoms with Crippen LogP contribution < -0.4 is 0 Å². The molecule has 3 aromatic rings. The van der Waals surface area contributed by atoms with Gasteiger partial charge in [-0.3, -0.25) is 0 Å². The molecule has 3 rings (SSSR count). The summed E-state index contributed by atoms with van der Waals surface area (Å²) in [7, 11) is 0. The zero-order valence-corrected chi connectivity index (χ0v) is 15.9. The van der Waals surface area contributed by atoms with Gasteiger partial charge in [-0.1, -0.05) is 0 Å². The van der Waals surface area contributed by atoms with Gasteiger partial charge in [-0.2, -0.15) is 10.5 Å². The van der Waals surface area contributed by atoms with Crippen LogP contribution in [0.5, 0.6) is 0 Å². The highest BCUT2D eigenvalue weighted by Crippen LogP contribution is 2.31. The Morgan fingerprint density at radius 3 is 2.04 bits per heavy atom. The number of nitrogens with zero attached hydrogens (tertiary/aromatic N) is 2. The fraction of sp³-hybridized carbons (Fsp3) is 0.300. The van der Waals surface area contributed by atoms with Crippen LogP contribution in [0, 0.1) is 36.5 Å². The molecule has 0 saturated carbocycles. The van der Waals surface area contributed by atoms with Crippen molar-refractivity contribution < 1.29 is 4.42 Å². The molecule has 0 bridgehead atoms. The van der Waals surface area contributed by atoms with E-state index < -0.39 is 0 Å². The third-order valence-electron chi connectivity index (χ3n) is 4.07. The molecule has 0 aliphatic heterocycles. The number of aryl methyl sites for hydroxylation is 6. The Bertz CT molecular complexity index is 886. The van der Waals surface area contributed by atoms with E-state index in [1.54, 1.807) is 22.7 Å². The largest absolute Gasteiger partial charge is 0.466 e. The molecule has 3 nitrogen and oxygen atoms in total. The van der Waals surface area contributed by atoms with Crippen molar-refractivity contribution >= 4 is 22.7 Å². The molecule has 0 amide bonds. The van der Waals surface area contributed by atoms with E-state index in [4.69, 9.17) is 4.42 Å². The van der Waals surface area contributed by atoms with Gasteiger partial charge in [0.2, 0.25) is 0 Å². The van der Waals surface area contributed by atoms with Crippen LogP contribution in [-0.2, 0) is 25.7 Å². The van der Waals surface area contributed by atoms with Crippen molar-refractivity contribution in [1.29, 1.82) is 10.5 Å². The molecule has 3 aromatic heterocycles. The maximum absolute atomic E-state index is 9.52. The Hall–Kier alpha value is -2.34. The van der Waals surface area contributed by atoms with Gasteiger partial charge in [-0.25, -0.2) is 0 Å². The zero-order valence-electron chi connectivity index (χ0n) is 14.3. The van der Waals surface area contributed by atoms with Crippen LogP contribution in [-0.4, -0.2) is 0 Å². The molecule has 5 heteroatoms. The van der Waals surface area contributed by atoms with Gasteiger partial charge in [-0.15, -0.1) is 22.7 Å². The van der Waals surface area contributed by atoms with Gasteiger partial charge in [0.1, 0.15) is 23.7 Å². The quantitative estimate of drug-likeness (QED) is 0.592. The summed E-state index contributed by atoms with van der Waals surface area (Å²) in [5, 5.41) is 19.0. The first kappa shape index (κ1) is 17.5. The number of hydrogen-bond acceptors (Lipinski definition) is 5. The standard InChI is InChI=1S/C20H18N2OS2/c1-13-3-5-15(23-13)6-9-19-17(11-21)18(12-22)20(25-19)10-8-16-7-4-14(2)24-16/h3-5,7H,6,8-10H2,1-2H3. The third-order valence-corrected chi connectivity index (χ3v) is 6.44. The molecule has 126 valence electrons. The van der Waals surface area contributed by atoms with Gasteiger partial charge in [0.15, 0.2) is 0 Å². The van der Waals surface area contributed by atoms with E-state index >= 15 is 0 Å². The Morgan fingerprint density at radius 1 is 0.840 bits per heavy atom. The Kier molecular flexibility index (Phi) is 5.38. The lowest BCUT2D eigenvalue weighted by molar-refractivity contribution is 0.483. The first-order valence-electron chi connectivity index (χ1n) is 8.16. The van der Waals surface area contributed by atoms with E-state index in [9.17, 15) is 10.5 Å². The fourth-order valence-electron chi connectivity index (χ4n) is 2.83. The SMILES string of the molecule is Cc1ccc(CCc2sc(CCc3ccc(C)s3)c(C#N)c2C#N)o1. The lowest BCUT2D eigenvalue weighted by Gasteiger charge is -1.97. The molecular weight excluding hydrogens is 348 g/mol. The average molecular weight is 367 g/mol. The monoisotopic (exact) mass is 366 g/mol. The lowest BCUT2D eigenvalue weighted by atomic mass is 10.1. The zero-order chi connectivity index (χ0) is 17.8. The van der Waals surface area contributed by atoms with Crippen LogP contribution in [0.25, 0.3) is 0 Å². The van der Waals surface area contributed by atoms with E-state index in [2.05, 4.69) is 31.2 Å². The van der Waals surface area contributed by atoms with Gasteiger partial charge >= 0.3 is 0 Å². The normalized spacial score (nSPS) is 10.6. The molecule has 3 heterocycles. The molecule has 0 N–H and O–H groups in total. The molecule has 0 saturated heterocycles. The summed E-state index contributed by atoms with van der Waals surface area (Å²) < 4.78 is 5.61. The first-order valence-corrected chi connectivity index (χ1v) is 9.79. The molecule has 0 radical (unpaired) electrons. The van der Waals surface area contributed by atoms with Crippen LogP contribution in [0.2, 0.25) is 0 Å². The summed E-state index contributed by atoms with van der Waals surface area (Å²) in [6.07, 6.45) is 3.20. The Morgan fingerprint density at radius 2 is 1.52 bits per heavy atom. The number of thiophene rings is 2. The van der Waals surface area contributed by atoms with Gasteiger partial charge in [0.05, 0.1) is 11.1 Å². The number of rotatable bonds is 6. The Labute approximate surface area is 155 Å². The average Bonchev–Trinajstić information content (AvgIpc) is 3.29. The van der Waals surface area contributed by atoms with Crippen LogP contribution in [0.15, 0.2) is 28.7 Å². The second kappa shape index (κ2) is 7.70. The van der Waals surface area contributed by atoms with E-state index in [0.29, 0.717) is 11.1 Å². The van der Waals surface area contributed by atoms with Crippen molar-refractivity contribution in [1.82, 2.24) is 0 Å².